The van der Waals surface area contributed by atoms with Crippen LogP contribution in [0.3, 0.4) is 0 Å². The summed E-state index contributed by atoms with van der Waals surface area (Å²) in [6, 6.07) is 0. The predicted octanol–water partition coefficient (Wildman–Crippen LogP) is 1.59. The van der Waals surface area contributed by atoms with E-state index in [1.807, 2.05) is 12.4 Å². The summed E-state index contributed by atoms with van der Waals surface area (Å²) in [5.41, 5.74) is 1.21. The van der Waals surface area contributed by atoms with Crippen LogP contribution in [0.5, 0.6) is 0 Å². The summed E-state index contributed by atoms with van der Waals surface area (Å²) in [7, 11) is 0. The van der Waals surface area contributed by atoms with Gasteiger partial charge in [-0.2, -0.15) is 0 Å². The van der Waals surface area contributed by atoms with Gasteiger partial charge in [0.05, 0.1) is 13.2 Å². The van der Waals surface area contributed by atoms with Crippen molar-refractivity contribution in [1.82, 2.24) is 14.9 Å². The van der Waals surface area contributed by atoms with Crippen molar-refractivity contribution in [2.45, 2.75) is 26.2 Å². The number of ether oxygens (including phenoxy) is 1. The lowest BCUT2D eigenvalue weighted by Crippen LogP contribution is -2.45. The molecule has 3 rings (SSSR count). The molecular weight excluding hydrogens is 264 g/mol. The summed E-state index contributed by atoms with van der Waals surface area (Å²) in [4.78, 5) is 14.0. The van der Waals surface area contributed by atoms with E-state index < -0.39 is 0 Å². The van der Waals surface area contributed by atoms with Gasteiger partial charge in [0.25, 0.3) is 0 Å². The van der Waals surface area contributed by atoms with Gasteiger partial charge in [0.2, 0.25) is 5.95 Å². The van der Waals surface area contributed by atoms with Crippen LogP contribution in [0, 0.1) is 5.92 Å². The average Bonchev–Trinajstić information content (AvgIpc) is 2.56. The van der Waals surface area contributed by atoms with Gasteiger partial charge < -0.3 is 9.64 Å². The minimum atomic E-state index is 0.728. The highest BCUT2D eigenvalue weighted by Gasteiger charge is 2.24. The Hall–Kier alpha value is -1.20. The van der Waals surface area contributed by atoms with Crippen LogP contribution >= 0.6 is 0 Å². The highest BCUT2D eigenvalue weighted by molar-refractivity contribution is 5.30. The van der Waals surface area contributed by atoms with E-state index in [1.165, 1.54) is 24.9 Å². The molecule has 0 spiro atoms. The third-order valence-electron chi connectivity index (χ3n) is 4.52. The van der Waals surface area contributed by atoms with E-state index in [0.717, 1.165) is 57.7 Å². The van der Waals surface area contributed by atoms with Crippen molar-refractivity contribution in [2.75, 3.05) is 50.8 Å². The zero-order valence-corrected chi connectivity index (χ0v) is 13.0. The van der Waals surface area contributed by atoms with Crippen molar-refractivity contribution in [1.29, 1.82) is 0 Å². The van der Waals surface area contributed by atoms with Crippen molar-refractivity contribution in [3.8, 4) is 0 Å². The molecule has 0 aromatic carbocycles. The standard InChI is InChI=1S/C16H26N4O/c1-2-14-10-17-16(18-11-14)20-5-3-4-15(13-20)12-19-6-8-21-9-7-19/h10-11,15H,2-9,12-13H2,1H3/t15-/m1/s1. The van der Waals surface area contributed by atoms with Crippen LogP contribution in [0.25, 0.3) is 0 Å². The lowest BCUT2D eigenvalue weighted by atomic mass is 9.97. The average molecular weight is 290 g/mol. The highest BCUT2D eigenvalue weighted by Crippen LogP contribution is 2.21. The monoisotopic (exact) mass is 290 g/mol. The second kappa shape index (κ2) is 7.18. The molecule has 0 unspecified atom stereocenters. The number of hydrogen-bond donors (Lipinski definition) is 0. The van der Waals surface area contributed by atoms with Crippen molar-refractivity contribution in [3.05, 3.63) is 18.0 Å². The Morgan fingerprint density at radius 3 is 2.67 bits per heavy atom. The van der Waals surface area contributed by atoms with Crippen LogP contribution < -0.4 is 4.90 Å². The minimum absolute atomic E-state index is 0.728. The fourth-order valence-corrected chi connectivity index (χ4v) is 3.24. The number of rotatable bonds is 4. The van der Waals surface area contributed by atoms with E-state index in [2.05, 4.69) is 26.7 Å². The third-order valence-corrected chi connectivity index (χ3v) is 4.52. The molecule has 0 N–H and O–H groups in total. The van der Waals surface area contributed by atoms with Crippen molar-refractivity contribution >= 4 is 5.95 Å². The van der Waals surface area contributed by atoms with E-state index in [4.69, 9.17) is 4.74 Å². The second-order valence-corrected chi connectivity index (χ2v) is 6.11. The molecule has 0 radical (unpaired) electrons. The first kappa shape index (κ1) is 14.7. The van der Waals surface area contributed by atoms with Crippen LogP contribution in [-0.2, 0) is 11.2 Å². The number of aromatic nitrogens is 2. The molecule has 5 heteroatoms. The SMILES string of the molecule is CCc1cnc(N2CCC[C@H](CN3CCOCC3)C2)nc1. The number of nitrogens with zero attached hydrogens (tertiary/aromatic N) is 4. The first-order chi connectivity index (χ1) is 10.3. The summed E-state index contributed by atoms with van der Waals surface area (Å²) in [6.07, 6.45) is 7.50. The number of aryl methyl sites for hydroxylation is 1. The molecule has 0 bridgehead atoms. The quantitative estimate of drug-likeness (QED) is 0.842. The fourth-order valence-electron chi connectivity index (χ4n) is 3.24. The van der Waals surface area contributed by atoms with Gasteiger partial charge in [0.15, 0.2) is 0 Å². The molecule has 0 amide bonds. The molecule has 2 aliphatic heterocycles. The summed E-state index contributed by atoms with van der Waals surface area (Å²) >= 11 is 0. The van der Waals surface area contributed by atoms with E-state index in [-0.39, 0.29) is 0 Å². The first-order valence-corrected chi connectivity index (χ1v) is 8.21. The number of hydrogen-bond acceptors (Lipinski definition) is 5. The van der Waals surface area contributed by atoms with Gasteiger partial charge in [-0.25, -0.2) is 9.97 Å². The van der Waals surface area contributed by atoms with Crippen molar-refractivity contribution < 1.29 is 4.74 Å². The topological polar surface area (TPSA) is 41.5 Å². The predicted molar refractivity (Wildman–Crippen MR) is 83.6 cm³/mol. The first-order valence-electron chi connectivity index (χ1n) is 8.21. The Morgan fingerprint density at radius 2 is 1.95 bits per heavy atom. The Bertz CT molecular complexity index is 430. The fraction of sp³-hybridized carbons (Fsp3) is 0.750. The maximum Gasteiger partial charge on any atom is 0.225 e. The molecular formula is C16H26N4O. The van der Waals surface area contributed by atoms with Gasteiger partial charge in [-0.15, -0.1) is 0 Å². The molecule has 2 fully saturated rings. The van der Waals surface area contributed by atoms with Gasteiger partial charge in [-0.1, -0.05) is 6.92 Å². The van der Waals surface area contributed by atoms with Crippen LogP contribution in [0.1, 0.15) is 25.3 Å². The maximum absolute atomic E-state index is 5.43. The summed E-state index contributed by atoms with van der Waals surface area (Å²) in [5, 5.41) is 0. The summed E-state index contributed by atoms with van der Waals surface area (Å²) < 4.78 is 5.43. The lowest BCUT2D eigenvalue weighted by molar-refractivity contribution is 0.0296. The smallest absolute Gasteiger partial charge is 0.225 e. The molecule has 21 heavy (non-hydrogen) atoms. The molecule has 1 aromatic rings. The molecule has 3 heterocycles. The van der Waals surface area contributed by atoms with E-state index in [1.54, 1.807) is 0 Å². The molecule has 0 aliphatic carbocycles. The Labute approximate surface area is 127 Å². The van der Waals surface area contributed by atoms with E-state index >= 15 is 0 Å². The van der Waals surface area contributed by atoms with Crippen LogP contribution in [0.2, 0.25) is 0 Å². The van der Waals surface area contributed by atoms with Gasteiger partial charge in [-0.3, -0.25) is 4.90 Å². The lowest BCUT2D eigenvalue weighted by Gasteiger charge is -2.36. The minimum Gasteiger partial charge on any atom is -0.379 e. The van der Waals surface area contributed by atoms with Crippen molar-refractivity contribution in [2.24, 2.45) is 5.92 Å². The second-order valence-electron chi connectivity index (χ2n) is 6.11. The maximum atomic E-state index is 5.43. The molecule has 5 nitrogen and oxygen atoms in total. The molecule has 1 atom stereocenters. The molecule has 116 valence electrons. The Kier molecular flexibility index (Phi) is 5.04. The van der Waals surface area contributed by atoms with Gasteiger partial charge in [0, 0.05) is 45.1 Å². The number of morpholine rings is 1. The largest absolute Gasteiger partial charge is 0.379 e. The van der Waals surface area contributed by atoms with Gasteiger partial charge in [-0.05, 0) is 30.7 Å². The van der Waals surface area contributed by atoms with E-state index in [0.29, 0.717) is 0 Å². The van der Waals surface area contributed by atoms with Gasteiger partial charge >= 0.3 is 0 Å². The molecule has 1 aromatic heterocycles. The van der Waals surface area contributed by atoms with Crippen LogP contribution in [0.15, 0.2) is 12.4 Å². The summed E-state index contributed by atoms with van der Waals surface area (Å²) in [5.74, 6) is 1.63. The highest BCUT2D eigenvalue weighted by atomic mass is 16.5. The molecule has 2 saturated heterocycles. The normalized spacial score (nSPS) is 24.2. The zero-order valence-electron chi connectivity index (χ0n) is 13.0. The number of anilines is 1. The number of piperidine rings is 1. The van der Waals surface area contributed by atoms with Crippen LogP contribution in [0.4, 0.5) is 5.95 Å². The third kappa shape index (κ3) is 3.92. The van der Waals surface area contributed by atoms with Crippen LogP contribution in [-0.4, -0.2) is 60.8 Å². The Balaban J connectivity index is 1.56. The Morgan fingerprint density at radius 1 is 1.19 bits per heavy atom. The van der Waals surface area contributed by atoms with E-state index in [9.17, 15) is 0 Å². The zero-order chi connectivity index (χ0) is 14.5. The van der Waals surface area contributed by atoms with Gasteiger partial charge in [0.1, 0.15) is 0 Å². The molecule has 2 aliphatic rings. The van der Waals surface area contributed by atoms with Crippen molar-refractivity contribution in [3.63, 3.8) is 0 Å². The molecule has 0 saturated carbocycles. The summed E-state index contributed by atoms with van der Waals surface area (Å²) in [6.45, 7) is 9.44.